The molecule has 1 aromatic rings. The highest BCUT2D eigenvalue weighted by Gasteiger charge is 2.34. The van der Waals surface area contributed by atoms with Crippen LogP contribution in [-0.4, -0.2) is 35.7 Å². The zero-order chi connectivity index (χ0) is 14.1. The Bertz CT molecular complexity index is 470. The first-order valence-electron chi connectivity index (χ1n) is 7.90. The molecule has 20 heavy (non-hydrogen) atoms. The molecule has 1 aromatic carbocycles. The molecule has 3 rings (SSSR count). The first-order chi connectivity index (χ1) is 9.63. The Labute approximate surface area is 122 Å². The molecular formula is C17H26N2O. The first-order valence-corrected chi connectivity index (χ1v) is 7.90. The molecular weight excluding hydrogens is 248 g/mol. The molecule has 3 nitrogen and oxygen atoms in total. The third kappa shape index (κ3) is 3.15. The maximum Gasteiger partial charge on any atom is 0.120 e. The molecule has 2 atom stereocenters. The van der Waals surface area contributed by atoms with Gasteiger partial charge >= 0.3 is 0 Å². The van der Waals surface area contributed by atoms with Crippen molar-refractivity contribution in [3.05, 3.63) is 29.3 Å². The standard InChI is InChI=1S/C17H26N2O/c1-12-3-6-17(20)16(9-12)13(2)18-10-14-7-8-19(11-14)15-4-5-15/h3,6,9,13-15,18,20H,4-5,7-8,10-11H2,1-2H3. The van der Waals surface area contributed by atoms with E-state index in [0.29, 0.717) is 5.75 Å². The van der Waals surface area contributed by atoms with Crippen molar-refractivity contribution in [3.8, 4) is 5.75 Å². The van der Waals surface area contributed by atoms with Crippen LogP contribution in [0.15, 0.2) is 18.2 Å². The second kappa shape index (κ2) is 5.74. The van der Waals surface area contributed by atoms with Crippen LogP contribution in [-0.2, 0) is 0 Å². The number of aryl methyl sites for hydroxylation is 1. The van der Waals surface area contributed by atoms with Gasteiger partial charge in [-0.3, -0.25) is 0 Å². The Morgan fingerprint density at radius 2 is 2.15 bits per heavy atom. The van der Waals surface area contributed by atoms with Gasteiger partial charge in [-0.25, -0.2) is 0 Å². The van der Waals surface area contributed by atoms with Crippen LogP contribution in [0.3, 0.4) is 0 Å². The Kier molecular flexibility index (Phi) is 3.99. The average molecular weight is 274 g/mol. The van der Waals surface area contributed by atoms with E-state index in [4.69, 9.17) is 0 Å². The quantitative estimate of drug-likeness (QED) is 0.866. The van der Waals surface area contributed by atoms with Crippen LogP contribution in [0.2, 0.25) is 0 Å². The summed E-state index contributed by atoms with van der Waals surface area (Å²) < 4.78 is 0. The number of phenolic OH excluding ortho intramolecular Hbond substituents is 1. The molecule has 1 aliphatic heterocycles. The fourth-order valence-electron chi connectivity index (χ4n) is 3.27. The van der Waals surface area contributed by atoms with Crippen molar-refractivity contribution in [3.63, 3.8) is 0 Å². The van der Waals surface area contributed by atoms with Crippen LogP contribution in [0.4, 0.5) is 0 Å². The molecule has 1 aliphatic carbocycles. The molecule has 2 fully saturated rings. The summed E-state index contributed by atoms with van der Waals surface area (Å²) in [5, 5.41) is 13.6. The summed E-state index contributed by atoms with van der Waals surface area (Å²) in [6, 6.07) is 6.95. The van der Waals surface area contributed by atoms with Gasteiger partial charge in [0.1, 0.15) is 5.75 Å². The third-order valence-electron chi connectivity index (χ3n) is 4.74. The van der Waals surface area contributed by atoms with Crippen LogP contribution in [0.1, 0.15) is 43.4 Å². The van der Waals surface area contributed by atoms with Crippen LogP contribution in [0.25, 0.3) is 0 Å². The fraction of sp³-hybridized carbons (Fsp3) is 0.647. The lowest BCUT2D eigenvalue weighted by Gasteiger charge is -2.19. The minimum absolute atomic E-state index is 0.213. The number of nitrogens with one attached hydrogen (secondary N) is 1. The number of hydrogen-bond donors (Lipinski definition) is 2. The van der Waals surface area contributed by atoms with Gasteiger partial charge in [-0.15, -0.1) is 0 Å². The van der Waals surface area contributed by atoms with E-state index in [1.165, 1.54) is 37.9 Å². The van der Waals surface area contributed by atoms with Gasteiger partial charge in [0.15, 0.2) is 0 Å². The summed E-state index contributed by atoms with van der Waals surface area (Å²) in [5.74, 6) is 1.17. The summed E-state index contributed by atoms with van der Waals surface area (Å²) in [5.41, 5.74) is 2.22. The third-order valence-corrected chi connectivity index (χ3v) is 4.74. The van der Waals surface area contributed by atoms with E-state index in [0.717, 1.165) is 24.1 Å². The number of rotatable bonds is 5. The highest BCUT2D eigenvalue weighted by atomic mass is 16.3. The molecule has 110 valence electrons. The van der Waals surface area contributed by atoms with Gasteiger partial charge in [-0.2, -0.15) is 0 Å². The topological polar surface area (TPSA) is 35.5 Å². The largest absolute Gasteiger partial charge is 0.508 e. The van der Waals surface area contributed by atoms with E-state index in [2.05, 4.69) is 30.1 Å². The molecule has 2 unspecified atom stereocenters. The molecule has 1 saturated heterocycles. The van der Waals surface area contributed by atoms with Gasteiger partial charge in [0, 0.05) is 24.2 Å². The molecule has 3 heteroatoms. The Balaban J connectivity index is 1.51. The van der Waals surface area contributed by atoms with Gasteiger partial charge in [0.05, 0.1) is 0 Å². The molecule has 1 saturated carbocycles. The summed E-state index contributed by atoms with van der Waals surface area (Å²) in [6.45, 7) is 7.80. The van der Waals surface area contributed by atoms with Gasteiger partial charge in [0.25, 0.3) is 0 Å². The normalized spacial score (nSPS) is 25.0. The minimum Gasteiger partial charge on any atom is -0.508 e. The average Bonchev–Trinajstić information content (AvgIpc) is 3.18. The first kappa shape index (κ1) is 13.9. The van der Waals surface area contributed by atoms with Gasteiger partial charge in [0.2, 0.25) is 0 Å². The second-order valence-corrected chi connectivity index (χ2v) is 6.57. The molecule has 2 aliphatic rings. The van der Waals surface area contributed by atoms with Crippen molar-refractivity contribution < 1.29 is 5.11 Å². The van der Waals surface area contributed by atoms with Crippen molar-refractivity contribution in [2.75, 3.05) is 19.6 Å². The predicted molar refractivity (Wildman–Crippen MR) is 82.0 cm³/mol. The van der Waals surface area contributed by atoms with Crippen molar-refractivity contribution in [2.24, 2.45) is 5.92 Å². The Morgan fingerprint density at radius 1 is 1.35 bits per heavy atom. The number of likely N-dealkylation sites (tertiary alicyclic amines) is 1. The Hall–Kier alpha value is -1.06. The minimum atomic E-state index is 0.213. The summed E-state index contributed by atoms with van der Waals surface area (Å²) in [7, 11) is 0. The lowest BCUT2D eigenvalue weighted by molar-refractivity contribution is 0.309. The molecule has 0 spiro atoms. The van der Waals surface area contributed by atoms with Crippen molar-refractivity contribution in [2.45, 2.75) is 45.2 Å². The van der Waals surface area contributed by atoms with E-state index in [1.54, 1.807) is 6.07 Å². The number of aromatic hydroxyl groups is 1. The van der Waals surface area contributed by atoms with Crippen molar-refractivity contribution in [1.29, 1.82) is 0 Å². The molecule has 0 bridgehead atoms. The van der Waals surface area contributed by atoms with Gasteiger partial charge < -0.3 is 15.3 Å². The summed E-state index contributed by atoms with van der Waals surface area (Å²) in [4.78, 5) is 2.65. The lowest BCUT2D eigenvalue weighted by Crippen LogP contribution is -2.29. The van der Waals surface area contributed by atoms with Crippen LogP contribution >= 0.6 is 0 Å². The SMILES string of the molecule is Cc1ccc(O)c(C(C)NCC2CCN(C3CC3)C2)c1. The maximum absolute atomic E-state index is 9.97. The summed E-state index contributed by atoms with van der Waals surface area (Å²) in [6.07, 6.45) is 4.14. The number of phenols is 1. The maximum atomic E-state index is 9.97. The fourth-order valence-corrected chi connectivity index (χ4v) is 3.27. The zero-order valence-corrected chi connectivity index (χ0v) is 12.6. The highest BCUT2D eigenvalue weighted by Crippen LogP contribution is 2.32. The Morgan fingerprint density at radius 3 is 2.90 bits per heavy atom. The molecule has 2 N–H and O–H groups in total. The molecule has 0 amide bonds. The number of benzene rings is 1. The van der Waals surface area contributed by atoms with Gasteiger partial charge in [-0.1, -0.05) is 17.7 Å². The second-order valence-electron chi connectivity index (χ2n) is 6.57. The smallest absolute Gasteiger partial charge is 0.120 e. The lowest BCUT2D eigenvalue weighted by atomic mass is 10.0. The molecule has 1 heterocycles. The van der Waals surface area contributed by atoms with E-state index >= 15 is 0 Å². The van der Waals surface area contributed by atoms with E-state index < -0.39 is 0 Å². The van der Waals surface area contributed by atoms with E-state index in [1.807, 2.05) is 6.07 Å². The van der Waals surface area contributed by atoms with E-state index in [9.17, 15) is 5.11 Å². The predicted octanol–water partition coefficient (Wildman–Crippen LogP) is 2.84. The summed E-state index contributed by atoms with van der Waals surface area (Å²) >= 11 is 0. The number of hydrogen-bond acceptors (Lipinski definition) is 3. The molecule has 0 aromatic heterocycles. The van der Waals surface area contributed by atoms with Gasteiger partial charge in [-0.05, 0) is 58.2 Å². The molecule has 0 radical (unpaired) electrons. The van der Waals surface area contributed by atoms with Crippen LogP contribution in [0, 0.1) is 12.8 Å². The van der Waals surface area contributed by atoms with Crippen LogP contribution < -0.4 is 5.32 Å². The van der Waals surface area contributed by atoms with Crippen molar-refractivity contribution in [1.82, 2.24) is 10.2 Å². The monoisotopic (exact) mass is 274 g/mol. The van der Waals surface area contributed by atoms with E-state index in [-0.39, 0.29) is 6.04 Å². The number of nitrogens with zero attached hydrogens (tertiary/aromatic N) is 1. The zero-order valence-electron chi connectivity index (χ0n) is 12.6. The van der Waals surface area contributed by atoms with Crippen molar-refractivity contribution >= 4 is 0 Å². The highest BCUT2D eigenvalue weighted by molar-refractivity contribution is 5.37. The van der Waals surface area contributed by atoms with Crippen LogP contribution in [0.5, 0.6) is 5.75 Å².